The zero-order valence-corrected chi connectivity index (χ0v) is 13.1. The second kappa shape index (κ2) is 5.90. The Balaban J connectivity index is 2.08. The van der Waals surface area contributed by atoms with Crippen LogP contribution in [0.15, 0.2) is 33.9 Å². The van der Waals surface area contributed by atoms with Gasteiger partial charge in [0.05, 0.1) is 5.69 Å². The molecule has 3 N–H and O–H groups in total. The van der Waals surface area contributed by atoms with E-state index in [1.54, 1.807) is 30.1 Å². The molecule has 1 heterocycles. The lowest BCUT2D eigenvalue weighted by Crippen LogP contribution is -2.27. The first-order valence-electron chi connectivity index (χ1n) is 5.78. The van der Waals surface area contributed by atoms with Crippen LogP contribution in [0.5, 0.6) is 0 Å². The standard InChI is InChI=1S/C11H14BrN5O2S/c1-17-7-14-16-11(17)4-5-15-20(18,19)10-6-8(12)2-3-9(10)13/h2-3,6-7,15H,4-5,13H2,1H3. The minimum absolute atomic E-state index is 0.0600. The van der Waals surface area contributed by atoms with E-state index in [0.29, 0.717) is 16.7 Å². The molecule has 20 heavy (non-hydrogen) atoms. The van der Waals surface area contributed by atoms with Gasteiger partial charge in [-0.1, -0.05) is 15.9 Å². The van der Waals surface area contributed by atoms with Crippen molar-refractivity contribution in [3.63, 3.8) is 0 Å². The van der Waals surface area contributed by atoms with Gasteiger partial charge in [-0.25, -0.2) is 13.1 Å². The van der Waals surface area contributed by atoms with Crippen LogP contribution >= 0.6 is 15.9 Å². The summed E-state index contributed by atoms with van der Waals surface area (Å²) in [5.74, 6) is 0.704. The number of hydrogen-bond donors (Lipinski definition) is 2. The van der Waals surface area contributed by atoms with Crippen LogP contribution in [0.2, 0.25) is 0 Å². The van der Waals surface area contributed by atoms with Crippen molar-refractivity contribution in [1.29, 1.82) is 0 Å². The Labute approximate surface area is 125 Å². The molecule has 0 aliphatic heterocycles. The lowest BCUT2D eigenvalue weighted by Gasteiger charge is -2.09. The van der Waals surface area contributed by atoms with Gasteiger partial charge in [-0.3, -0.25) is 0 Å². The second-order valence-corrected chi connectivity index (χ2v) is 6.84. The number of aryl methyl sites for hydroxylation is 1. The van der Waals surface area contributed by atoms with Crippen LogP contribution in [0, 0.1) is 0 Å². The van der Waals surface area contributed by atoms with Crippen molar-refractivity contribution < 1.29 is 8.42 Å². The van der Waals surface area contributed by atoms with E-state index in [2.05, 4.69) is 30.8 Å². The first kappa shape index (κ1) is 14.9. The molecule has 0 spiro atoms. The van der Waals surface area contributed by atoms with Crippen molar-refractivity contribution in [3.8, 4) is 0 Å². The maximum Gasteiger partial charge on any atom is 0.242 e. The fraction of sp³-hybridized carbons (Fsp3) is 0.273. The average molecular weight is 360 g/mol. The second-order valence-electron chi connectivity index (χ2n) is 4.19. The third-order valence-electron chi connectivity index (χ3n) is 2.71. The summed E-state index contributed by atoms with van der Waals surface area (Å²) in [6, 6.07) is 4.70. The van der Waals surface area contributed by atoms with Gasteiger partial charge < -0.3 is 10.3 Å². The number of nitrogen functional groups attached to an aromatic ring is 1. The van der Waals surface area contributed by atoms with Gasteiger partial charge in [-0.15, -0.1) is 10.2 Å². The molecule has 0 radical (unpaired) electrons. The van der Waals surface area contributed by atoms with Crippen molar-refractivity contribution in [3.05, 3.63) is 34.8 Å². The van der Waals surface area contributed by atoms with Gasteiger partial charge in [0.25, 0.3) is 0 Å². The van der Waals surface area contributed by atoms with Gasteiger partial charge in [0.15, 0.2) is 0 Å². The highest BCUT2D eigenvalue weighted by Crippen LogP contribution is 2.22. The van der Waals surface area contributed by atoms with Crippen LogP contribution in [0.25, 0.3) is 0 Å². The Morgan fingerprint density at radius 2 is 2.20 bits per heavy atom. The van der Waals surface area contributed by atoms with Gasteiger partial charge in [0, 0.05) is 24.5 Å². The van der Waals surface area contributed by atoms with Crippen LogP contribution in [0.1, 0.15) is 5.82 Å². The van der Waals surface area contributed by atoms with Crippen molar-refractivity contribution in [2.45, 2.75) is 11.3 Å². The average Bonchev–Trinajstić information content (AvgIpc) is 2.78. The summed E-state index contributed by atoms with van der Waals surface area (Å²) in [6.45, 7) is 0.223. The van der Waals surface area contributed by atoms with E-state index in [-0.39, 0.29) is 17.1 Å². The highest BCUT2D eigenvalue weighted by molar-refractivity contribution is 9.10. The fourth-order valence-electron chi connectivity index (χ4n) is 1.65. The minimum Gasteiger partial charge on any atom is -0.398 e. The van der Waals surface area contributed by atoms with Crippen LogP contribution in [0.3, 0.4) is 0 Å². The molecule has 108 valence electrons. The number of aromatic nitrogens is 3. The molecular weight excluding hydrogens is 346 g/mol. The van der Waals surface area contributed by atoms with Crippen LogP contribution in [-0.2, 0) is 23.5 Å². The third-order valence-corrected chi connectivity index (χ3v) is 4.72. The number of nitrogens with zero attached hydrogens (tertiary/aromatic N) is 3. The van der Waals surface area contributed by atoms with E-state index in [0.717, 1.165) is 0 Å². The van der Waals surface area contributed by atoms with Gasteiger partial charge >= 0.3 is 0 Å². The molecule has 0 unspecified atom stereocenters. The van der Waals surface area contributed by atoms with E-state index < -0.39 is 10.0 Å². The SMILES string of the molecule is Cn1cnnc1CCNS(=O)(=O)c1cc(Br)ccc1N. The van der Waals surface area contributed by atoms with Gasteiger partial charge in [-0.05, 0) is 18.2 Å². The Morgan fingerprint density at radius 3 is 2.85 bits per heavy atom. The molecule has 0 bridgehead atoms. The van der Waals surface area contributed by atoms with E-state index >= 15 is 0 Å². The summed E-state index contributed by atoms with van der Waals surface area (Å²) < 4.78 is 29.2. The summed E-state index contributed by atoms with van der Waals surface area (Å²) in [6.07, 6.45) is 2.01. The zero-order chi connectivity index (χ0) is 14.8. The number of hydrogen-bond acceptors (Lipinski definition) is 5. The summed E-state index contributed by atoms with van der Waals surface area (Å²) >= 11 is 3.23. The molecule has 2 aromatic rings. The summed E-state index contributed by atoms with van der Waals surface area (Å²) in [5, 5.41) is 7.62. The number of nitrogens with two attached hydrogens (primary N) is 1. The molecule has 0 aliphatic carbocycles. The lowest BCUT2D eigenvalue weighted by atomic mass is 10.3. The number of benzene rings is 1. The molecular formula is C11H14BrN5O2S. The normalized spacial score (nSPS) is 11.7. The summed E-state index contributed by atoms with van der Waals surface area (Å²) in [4.78, 5) is 0.0600. The predicted octanol–water partition coefficient (Wildman–Crippen LogP) is 0.681. The van der Waals surface area contributed by atoms with E-state index in [9.17, 15) is 8.42 Å². The molecule has 7 nitrogen and oxygen atoms in total. The van der Waals surface area contributed by atoms with E-state index in [4.69, 9.17) is 5.73 Å². The largest absolute Gasteiger partial charge is 0.398 e. The number of halogens is 1. The molecule has 0 saturated heterocycles. The maximum absolute atomic E-state index is 12.2. The third kappa shape index (κ3) is 3.35. The first-order chi connectivity index (χ1) is 9.40. The van der Waals surface area contributed by atoms with Crippen molar-refractivity contribution in [2.24, 2.45) is 7.05 Å². The number of sulfonamides is 1. The molecule has 1 aromatic heterocycles. The van der Waals surface area contributed by atoms with Gasteiger partial charge in [-0.2, -0.15) is 0 Å². The van der Waals surface area contributed by atoms with Crippen molar-refractivity contribution >= 4 is 31.6 Å². The van der Waals surface area contributed by atoms with Gasteiger partial charge in [0.1, 0.15) is 17.0 Å². The van der Waals surface area contributed by atoms with Crippen LogP contribution in [0.4, 0.5) is 5.69 Å². The Kier molecular flexibility index (Phi) is 4.41. The monoisotopic (exact) mass is 359 g/mol. The number of nitrogens with one attached hydrogen (secondary N) is 1. The Morgan fingerprint density at radius 1 is 1.45 bits per heavy atom. The summed E-state index contributed by atoms with van der Waals surface area (Å²) in [5.41, 5.74) is 5.91. The summed E-state index contributed by atoms with van der Waals surface area (Å²) in [7, 11) is -1.84. The molecule has 0 fully saturated rings. The molecule has 2 rings (SSSR count). The zero-order valence-electron chi connectivity index (χ0n) is 10.7. The molecule has 0 aliphatic rings. The highest BCUT2D eigenvalue weighted by Gasteiger charge is 2.17. The van der Waals surface area contributed by atoms with Gasteiger partial charge in [0.2, 0.25) is 10.0 Å². The number of rotatable bonds is 5. The minimum atomic E-state index is -3.64. The molecule has 0 saturated carbocycles. The first-order valence-corrected chi connectivity index (χ1v) is 8.05. The smallest absolute Gasteiger partial charge is 0.242 e. The van der Waals surface area contributed by atoms with E-state index in [1.165, 1.54) is 6.07 Å². The quantitative estimate of drug-likeness (QED) is 0.764. The van der Waals surface area contributed by atoms with E-state index in [1.807, 2.05) is 0 Å². The van der Waals surface area contributed by atoms with Crippen molar-refractivity contribution in [1.82, 2.24) is 19.5 Å². The molecule has 9 heteroatoms. The molecule has 1 aromatic carbocycles. The van der Waals surface area contributed by atoms with Crippen molar-refractivity contribution in [2.75, 3.05) is 12.3 Å². The topological polar surface area (TPSA) is 103 Å². The molecule has 0 amide bonds. The van der Waals surface area contributed by atoms with Crippen LogP contribution in [-0.4, -0.2) is 29.7 Å². The number of anilines is 1. The van der Waals surface area contributed by atoms with Crippen LogP contribution < -0.4 is 10.5 Å². The maximum atomic E-state index is 12.2. The Bertz CT molecular complexity index is 713. The highest BCUT2D eigenvalue weighted by atomic mass is 79.9. The molecule has 0 atom stereocenters. The predicted molar refractivity (Wildman–Crippen MR) is 78.4 cm³/mol. The fourth-order valence-corrected chi connectivity index (χ4v) is 3.35. The Hall–Kier alpha value is -1.45. The lowest BCUT2D eigenvalue weighted by molar-refractivity contribution is 0.580.